The second-order valence-electron chi connectivity index (χ2n) is 3.94. The molecule has 0 aliphatic heterocycles. The number of aromatic nitrogens is 2. The van der Waals surface area contributed by atoms with Gasteiger partial charge in [-0.25, -0.2) is 8.42 Å². The molecule has 0 fully saturated rings. The molecule has 19 heavy (non-hydrogen) atoms. The number of H-pyrrole nitrogens is 1. The Bertz CT molecular complexity index is 835. The standard InChI is InChI=1S/C11H10N4O2S2/c12-7-4-11(18-6-7)19(16,17)15-10-3-1-2-9-8(10)5-13-14-9/h1-6,15H,12H2,(H,13,14). The van der Waals surface area contributed by atoms with E-state index in [1.807, 2.05) is 6.07 Å². The number of rotatable bonds is 3. The molecule has 3 aromatic rings. The fraction of sp³-hybridized carbons (Fsp3) is 0. The lowest BCUT2D eigenvalue weighted by Gasteiger charge is -2.06. The van der Waals surface area contributed by atoms with Crippen molar-refractivity contribution < 1.29 is 8.42 Å². The Morgan fingerprint density at radius 2 is 2.21 bits per heavy atom. The van der Waals surface area contributed by atoms with E-state index >= 15 is 0 Å². The van der Waals surface area contributed by atoms with Crippen LogP contribution in [0.25, 0.3) is 10.9 Å². The molecule has 0 saturated carbocycles. The van der Waals surface area contributed by atoms with Crippen LogP contribution < -0.4 is 10.5 Å². The van der Waals surface area contributed by atoms with Crippen LogP contribution in [0.3, 0.4) is 0 Å². The van der Waals surface area contributed by atoms with Gasteiger partial charge in [-0.05, 0) is 18.2 Å². The summed E-state index contributed by atoms with van der Waals surface area (Å²) in [6.07, 6.45) is 1.58. The van der Waals surface area contributed by atoms with E-state index in [2.05, 4.69) is 14.9 Å². The molecule has 98 valence electrons. The first-order valence-corrected chi connectivity index (χ1v) is 7.71. The molecular weight excluding hydrogens is 284 g/mol. The number of hydrogen-bond acceptors (Lipinski definition) is 5. The van der Waals surface area contributed by atoms with Crippen LogP contribution in [-0.2, 0) is 10.0 Å². The highest BCUT2D eigenvalue weighted by molar-refractivity contribution is 7.94. The number of anilines is 2. The van der Waals surface area contributed by atoms with Gasteiger partial charge in [0.2, 0.25) is 0 Å². The minimum atomic E-state index is -3.62. The Labute approximate surface area is 113 Å². The molecule has 0 unspecified atom stereocenters. The van der Waals surface area contributed by atoms with Gasteiger partial charge in [-0.1, -0.05) is 6.07 Å². The first-order valence-electron chi connectivity index (χ1n) is 5.35. The lowest BCUT2D eigenvalue weighted by Crippen LogP contribution is -2.11. The Kier molecular flexibility index (Phi) is 2.68. The maximum atomic E-state index is 12.2. The van der Waals surface area contributed by atoms with Crippen LogP contribution in [0.5, 0.6) is 0 Å². The minimum Gasteiger partial charge on any atom is -0.398 e. The molecule has 6 nitrogen and oxygen atoms in total. The zero-order valence-corrected chi connectivity index (χ0v) is 11.3. The van der Waals surface area contributed by atoms with E-state index in [9.17, 15) is 8.42 Å². The van der Waals surface area contributed by atoms with Crippen molar-refractivity contribution >= 4 is 43.6 Å². The van der Waals surface area contributed by atoms with Crippen molar-refractivity contribution in [3.05, 3.63) is 35.8 Å². The second kappa shape index (κ2) is 4.25. The van der Waals surface area contributed by atoms with Crippen molar-refractivity contribution in [2.75, 3.05) is 10.5 Å². The summed E-state index contributed by atoms with van der Waals surface area (Å²) < 4.78 is 27.1. The molecule has 0 aliphatic carbocycles. The predicted molar refractivity (Wildman–Crippen MR) is 75.6 cm³/mol. The Morgan fingerprint density at radius 3 is 2.95 bits per heavy atom. The topological polar surface area (TPSA) is 101 Å². The summed E-state index contributed by atoms with van der Waals surface area (Å²) in [6, 6.07) is 6.69. The summed E-state index contributed by atoms with van der Waals surface area (Å²) >= 11 is 1.08. The van der Waals surface area contributed by atoms with E-state index in [-0.39, 0.29) is 4.21 Å². The molecule has 0 saturated heterocycles. The zero-order valence-electron chi connectivity index (χ0n) is 9.62. The van der Waals surface area contributed by atoms with Gasteiger partial charge in [0, 0.05) is 16.5 Å². The van der Waals surface area contributed by atoms with Crippen molar-refractivity contribution in [2.24, 2.45) is 0 Å². The normalized spacial score (nSPS) is 11.8. The van der Waals surface area contributed by atoms with E-state index in [0.29, 0.717) is 11.4 Å². The van der Waals surface area contributed by atoms with Gasteiger partial charge in [0.25, 0.3) is 10.0 Å². The third-order valence-corrected chi connectivity index (χ3v) is 5.41. The van der Waals surface area contributed by atoms with Crippen LogP contribution in [0.1, 0.15) is 0 Å². The largest absolute Gasteiger partial charge is 0.398 e. The lowest BCUT2D eigenvalue weighted by atomic mass is 10.2. The molecule has 0 amide bonds. The van der Waals surface area contributed by atoms with Crippen LogP contribution in [0.2, 0.25) is 0 Å². The van der Waals surface area contributed by atoms with Crippen molar-refractivity contribution in [1.29, 1.82) is 0 Å². The first-order chi connectivity index (χ1) is 9.06. The third kappa shape index (κ3) is 2.15. The molecule has 0 bridgehead atoms. The molecule has 0 aliphatic rings. The third-order valence-electron chi connectivity index (χ3n) is 2.59. The quantitative estimate of drug-likeness (QED) is 0.687. The molecule has 8 heteroatoms. The monoisotopic (exact) mass is 294 g/mol. The highest BCUT2D eigenvalue weighted by Gasteiger charge is 2.17. The van der Waals surface area contributed by atoms with Gasteiger partial charge in [-0.15, -0.1) is 11.3 Å². The van der Waals surface area contributed by atoms with E-state index in [0.717, 1.165) is 22.2 Å². The maximum Gasteiger partial charge on any atom is 0.271 e. The molecule has 2 heterocycles. The average molecular weight is 294 g/mol. The van der Waals surface area contributed by atoms with Crippen molar-refractivity contribution in [2.45, 2.75) is 4.21 Å². The van der Waals surface area contributed by atoms with Crippen molar-refractivity contribution in [1.82, 2.24) is 10.2 Å². The van der Waals surface area contributed by atoms with Crippen molar-refractivity contribution in [3.8, 4) is 0 Å². The Hall–Kier alpha value is -2.06. The number of nitrogens with two attached hydrogens (primary N) is 1. The first kappa shape index (κ1) is 12.0. The smallest absolute Gasteiger partial charge is 0.271 e. The van der Waals surface area contributed by atoms with Crippen LogP contribution >= 0.6 is 11.3 Å². The summed E-state index contributed by atoms with van der Waals surface area (Å²) in [4.78, 5) is 0. The number of fused-ring (bicyclic) bond motifs is 1. The second-order valence-corrected chi connectivity index (χ2v) is 6.76. The highest BCUT2D eigenvalue weighted by atomic mass is 32.2. The van der Waals surface area contributed by atoms with Crippen molar-refractivity contribution in [3.63, 3.8) is 0 Å². The summed E-state index contributed by atoms with van der Waals surface area (Å²) in [6.45, 7) is 0. The van der Waals surface area contributed by atoms with E-state index < -0.39 is 10.0 Å². The fourth-order valence-electron chi connectivity index (χ4n) is 1.72. The summed E-state index contributed by atoms with van der Waals surface area (Å²) in [7, 11) is -3.62. The molecule has 0 spiro atoms. The van der Waals surface area contributed by atoms with Gasteiger partial charge < -0.3 is 5.73 Å². The predicted octanol–water partition coefficient (Wildman–Crippen LogP) is 2.01. The number of nitrogens with zero attached hydrogens (tertiary/aromatic N) is 1. The van der Waals surface area contributed by atoms with Gasteiger partial charge in [-0.2, -0.15) is 5.10 Å². The SMILES string of the molecule is Nc1csc(S(=O)(=O)Nc2cccc3[nH]ncc23)c1. The molecule has 2 aromatic heterocycles. The van der Waals surface area contributed by atoms with Crippen LogP contribution in [0.4, 0.5) is 11.4 Å². The zero-order chi connectivity index (χ0) is 13.5. The average Bonchev–Trinajstić information content (AvgIpc) is 2.97. The summed E-state index contributed by atoms with van der Waals surface area (Å²) in [5.41, 5.74) is 7.24. The number of benzene rings is 1. The molecular formula is C11H10N4O2S2. The molecule has 0 atom stereocenters. The van der Waals surface area contributed by atoms with E-state index in [1.165, 1.54) is 6.07 Å². The Balaban J connectivity index is 2.03. The van der Waals surface area contributed by atoms with E-state index in [4.69, 9.17) is 5.73 Å². The minimum absolute atomic E-state index is 0.186. The number of nitrogen functional groups attached to an aromatic ring is 1. The molecule has 3 rings (SSSR count). The molecule has 1 aromatic carbocycles. The maximum absolute atomic E-state index is 12.2. The van der Waals surface area contributed by atoms with Crippen LogP contribution in [0.15, 0.2) is 40.1 Å². The number of nitrogens with one attached hydrogen (secondary N) is 2. The van der Waals surface area contributed by atoms with Gasteiger partial charge >= 0.3 is 0 Å². The number of hydrogen-bond donors (Lipinski definition) is 3. The van der Waals surface area contributed by atoms with Crippen LogP contribution in [-0.4, -0.2) is 18.6 Å². The van der Waals surface area contributed by atoms with Gasteiger partial charge in [0.05, 0.1) is 17.4 Å². The summed E-state index contributed by atoms with van der Waals surface area (Å²) in [5, 5.41) is 8.99. The van der Waals surface area contributed by atoms with Crippen LogP contribution in [0, 0.1) is 0 Å². The van der Waals surface area contributed by atoms with Gasteiger partial charge in [0.15, 0.2) is 0 Å². The van der Waals surface area contributed by atoms with Gasteiger partial charge in [0.1, 0.15) is 4.21 Å². The number of sulfonamides is 1. The van der Waals surface area contributed by atoms with Gasteiger partial charge in [-0.3, -0.25) is 9.82 Å². The highest BCUT2D eigenvalue weighted by Crippen LogP contribution is 2.27. The molecule has 4 N–H and O–H groups in total. The Morgan fingerprint density at radius 1 is 1.37 bits per heavy atom. The van der Waals surface area contributed by atoms with E-state index in [1.54, 1.807) is 23.7 Å². The lowest BCUT2D eigenvalue weighted by molar-refractivity contribution is 0.603. The number of aromatic amines is 1. The fourth-order valence-corrected chi connectivity index (χ4v) is 3.88. The number of thiophene rings is 1. The summed E-state index contributed by atoms with van der Waals surface area (Å²) in [5.74, 6) is 0. The molecule has 0 radical (unpaired) electrons.